The highest BCUT2D eigenvalue weighted by molar-refractivity contribution is 7.90. The highest BCUT2D eigenvalue weighted by atomic mass is 32.2. The predicted molar refractivity (Wildman–Crippen MR) is 108 cm³/mol. The number of sulfone groups is 1. The third-order valence-corrected chi connectivity index (χ3v) is 6.46. The van der Waals surface area contributed by atoms with E-state index in [4.69, 9.17) is 0 Å². The topological polar surface area (TPSA) is 57.7 Å². The summed E-state index contributed by atoms with van der Waals surface area (Å²) in [5.74, 6) is -0.0985. The van der Waals surface area contributed by atoms with Crippen molar-refractivity contribution in [3.63, 3.8) is 0 Å². The van der Waals surface area contributed by atoms with E-state index >= 15 is 0 Å². The first-order valence-corrected chi connectivity index (χ1v) is 11.0. The molecule has 0 unspecified atom stereocenters. The van der Waals surface area contributed by atoms with Crippen LogP contribution in [0.1, 0.15) is 27.0 Å². The number of hydrogen-bond donors (Lipinski definition) is 0. The molecule has 0 radical (unpaired) electrons. The van der Waals surface area contributed by atoms with Crippen molar-refractivity contribution in [2.75, 3.05) is 37.3 Å². The molecule has 144 valence electrons. The molecule has 1 amide bonds. The number of rotatable bonds is 3. The first-order valence-electron chi connectivity index (χ1n) is 9.09. The van der Waals surface area contributed by atoms with Crippen molar-refractivity contribution in [3.05, 3.63) is 58.7 Å². The summed E-state index contributed by atoms with van der Waals surface area (Å²) < 4.78 is 23.6. The second-order valence-corrected chi connectivity index (χ2v) is 9.26. The van der Waals surface area contributed by atoms with Crippen molar-refractivity contribution in [1.82, 2.24) is 4.90 Å². The average molecular weight is 387 g/mol. The largest absolute Gasteiger partial charge is 0.368 e. The van der Waals surface area contributed by atoms with Crippen LogP contribution in [0.3, 0.4) is 0 Å². The van der Waals surface area contributed by atoms with Crippen molar-refractivity contribution < 1.29 is 13.2 Å². The fourth-order valence-corrected chi connectivity index (χ4v) is 4.11. The standard InChI is InChI=1S/C21H26N2O3S/c1-15-6-5-7-20(17(15)3)22-10-12-23(13-11-22)21(24)19-14-18(27(4,25)26)9-8-16(19)2/h5-9,14H,10-13H2,1-4H3. The van der Waals surface area contributed by atoms with Gasteiger partial charge in [0.2, 0.25) is 0 Å². The Morgan fingerprint density at radius 3 is 2.22 bits per heavy atom. The normalized spacial score (nSPS) is 15.1. The molecule has 0 bridgehead atoms. The zero-order valence-electron chi connectivity index (χ0n) is 16.3. The van der Waals surface area contributed by atoms with Gasteiger partial charge in [-0.15, -0.1) is 0 Å². The van der Waals surface area contributed by atoms with E-state index in [2.05, 4.69) is 36.9 Å². The van der Waals surface area contributed by atoms with E-state index in [0.717, 1.165) is 24.9 Å². The van der Waals surface area contributed by atoms with Crippen molar-refractivity contribution >= 4 is 21.4 Å². The number of aryl methyl sites for hydroxylation is 2. The molecular weight excluding hydrogens is 360 g/mol. The Kier molecular flexibility index (Phi) is 5.29. The number of amides is 1. The maximum atomic E-state index is 13.0. The highest BCUT2D eigenvalue weighted by Gasteiger charge is 2.25. The SMILES string of the molecule is Cc1ccc(S(C)(=O)=O)cc1C(=O)N1CCN(c2cccc(C)c2C)CC1. The van der Waals surface area contributed by atoms with Crippen LogP contribution in [0.4, 0.5) is 5.69 Å². The van der Waals surface area contributed by atoms with E-state index in [9.17, 15) is 13.2 Å². The van der Waals surface area contributed by atoms with E-state index in [1.165, 1.54) is 22.9 Å². The predicted octanol–water partition coefficient (Wildman–Crippen LogP) is 2.98. The van der Waals surface area contributed by atoms with Crippen LogP contribution in [-0.4, -0.2) is 51.7 Å². The van der Waals surface area contributed by atoms with Gasteiger partial charge in [-0.25, -0.2) is 8.42 Å². The zero-order chi connectivity index (χ0) is 19.8. The first-order chi connectivity index (χ1) is 12.7. The highest BCUT2D eigenvalue weighted by Crippen LogP contribution is 2.25. The number of hydrogen-bond acceptors (Lipinski definition) is 4. The van der Waals surface area contributed by atoms with Crippen LogP contribution in [0.25, 0.3) is 0 Å². The monoisotopic (exact) mass is 386 g/mol. The maximum Gasteiger partial charge on any atom is 0.254 e. The van der Waals surface area contributed by atoms with Gasteiger partial charge in [-0.05, 0) is 55.7 Å². The minimum absolute atomic E-state index is 0.0985. The summed E-state index contributed by atoms with van der Waals surface area (Å²) in [6.07, 6.45) is 1.16. The number of nitrogens with zero attached hydrogens (tertiary/aromatic N) is 2. The summed E-state index contributed by atoms with van der Waals surface area (Å²) in [4.78, 5) is 17.3. The molecule has 2 aromatic carbocycles. The van der Waals surface area contributed by atoms with Gasteiger partial charge in [-0.3, -0.25) is 4.79 Å². The summed E-state index contributed by atoms with van der Waals surface area (Å²) in [6, 6.07) is 11.1. The van der Waals surface area contributed by atoms with Crippen LogP contribution in [0.2, 0.25) is 0 Å². The summed E-state index contributed by atoms with van der Waals surface area (Å²) in [5.41, 5.74) is 5.02. The molecule has 0 saturated carbocycles. The molecule has 1 aliphatic heterocycles. The Balaban J connectivity index is 1.77. The van der Waals surface area contributed by atoms with Crippen LogP contribution in [0.15, 0.2) is 41.3 Å². The third-order valence-electron chi connectivity index (χ3n) is 5.35. The quantitative estimate of drug-likeness (QED) is 0.814. The van der Waals surface area contributed by atoms with Crippen LogP contribution >= 0.6 is 0 Å². The fourth-order valence-electron chi connectivity index (χ4n) is 3.46. The van der Waals surface area contributed by atoms with Crippen LogP contribution in [0.5, 0.6) is 0 Å². The molecule has 5 nitrogen and oxygen atoms in total. The van der Waals surface area contributed by atoms with Gasteiger partial charge in [0.05, 0.1) is 4.90 Å². The van der Waals surface area contributed by atoms with E-state index < -0.39 is 9.84 Å². The minimum atomic E-state index is -3.34. The number of carbonyl (C=O) groups excluding carboxylic acids is 1. The molecule has 1 fully saturated rings. The van der Waals surface area contributed by atoms with E-state index in [-0.39, 0.29) is 10.8 Å². The van der Waals surface area contributed by atoms with Crippen LogP contribution < -0.4 is 4.90 Å². The Morgan fingerprint density at radius 2 is 1.59 bits per heavy atom. The molecule has 1 saturated heterocycles. The second kappa shape index (κ2) is 7.35. The van der Waals surface area contributed by atoms with Gasteiger partial charge in [0.25, 0.3) is 5.91 Å². The number of benzene rings is 2. The van der Waals surface area contributed by atoms with E-state index in [1.807, 2.05) is 11.8 Å². The zero-order valence-corrected chi connectivity index (χ0v) is 17.1. The van der Waals surface area contributed by atoms with Gasteiger partial charge in [-0.1, -0.05) is 18.2 Å². The van der Waals surface area contributed by atoms with Crippen molar-refractivity contribution in [2.45, 2.75) is 25.7 Å². The molecule has 27 heavy (non-hydrogen) atoms. The van der Waals surface area contributed by atoms with Crippen LogP contribution in [0, 0.1) is 20.8 Å². The molecular formula is C21H26N2O3S. The minimum Gasteiger partial charge on any atom is -0.368 e. The van der Waals surface area contributed by atoms with Crippen LogP contribution in [-0.2, 0) is 9.84 Å². The average Bonchev–Trinajstić information content (AvgIpc) is 2.63. The Labute approximate surface area is 161 Å². The molecule has 1 heterocycles. The first kappa shape index (κ1) is 19.4. The Bertz CT molecular complexity index is 975. The van der Waals surface area contributed by atoms with Crippen molar-refractivity contribution in [2.24, 2.45) is 0 Å². The number of anilines is 1. The van der Waals surface area contributed by atoms with Crippen molar-refractivity contribution in [1.29, 1.82) is 0 Å². The van der Waals surface area contributed by atoms with E-state index in [1.54, 1.807) is 12.1 Å². The molecule has 1 aliphatic rings. The smallest absolute Gasteiger partial charge is 0.254 e. The van der Waals surface area contributed by atoms with Gasteiger partial charge < -0.3 is 9.80 Å². The lowest BCUT2D eigenvalue weighted by Gasteiger charge is -2.37. The third kappa shape index (κ3) is 4.00. The Morgan fingerprint density at radius 1 is 0.926 bits per heavy atom. The molecule has 2 aromatic rings. The lowest BCUT2D eigenvalue weighted by atomic mass is 10.1. The molecule has 0 aromatic heterocycles. The van der Waals surface area contributed by atoms with Gasteiger partial charge in [0.15, 0.2) is 9.84 Å². The molecule has 0 N–H and O–H groups in total. The van der Waals surface area contributed by atoms with E-state index in [0.29, 0.717) is 18.7 Å². The lowest BCUT2D eigenvalue weighted by Crippen LogP contribution is -2.49. The summed E-state index contributed by atoms with van der Waals surface area (Å²) in [5, 5.41) is 0. The van der Waals surface area contributed by atoms with Gasteiger partial charge in [-0.2, -0.15) is 0 Å². The van der Waals surface area contributed by atoms with Gasteiger partial charge >= 0.3 is 0 Å². The van der Waals surface area contributed by atoms with Gasteiger partial charge in [0, 0.05) is 43.7 Å². The fraction of sp³-hybridized carbons (Fsp3) is 0.381. The molecule has 0 atom stereocenters. The summed E-state index contributed by atoms with van der Waals surface area (Å²) in [7, 11) is -3.34. The Hall–Kier alpha value is -2.34. The van der Waals surface area contributed by atoms with Crippen molar-refractivity contribution in [3.8, 4) is 0 Å². The molecule has 3 rings (SSSR count). The molecule has 0 spiro atoms. The lowest BCUT2D eigenvalue weighted by molar-refractivity contribution is 0.0746. The van der Waals surface area contributed by atoms with Gasteiger partial charge in [0.1, 0.15) is 0 Å². The number of piperazine rings is 1. The molecule has 0 aliphatic carbocycles. The summed E-state index contributed by atoms with van der Waals surface area (Å²) in [6.45, 7) is 8.84. The second-order valence-electron chi connectivity index (χ2n) is 7.25. The molecule has 6 heteroatoms. The number of carbonyl (C=O) groups is 1. The maximum absolute atomic E-state index is 13.0. The summed E-state index contributed by atoms with van der Waals surface area (Å²) >= 11 is 0.